The number of morpholine rings is 1. The number of anilines is 2. The standard InChI is InChI=1S/C17H19N3O2/c1-13-6-7-18-15(12-13)17(21)19-14-4-2-3-5-16(14)20-8-10-22-11-9-20/h2-7,12H,8-11H2,1H3,(H,19,21). The van der Waals surface area contributed by atoms with Crippen LogP contribution in [0.3, 0.4) is 0 Å². The minimum absolute atomic E-state index is 0.190. The number of benzene rings is 1. The van der Waals surface area contributed by atoms with Crippen LogP contribution in [0.1, 0.15) is 16.1 Å². The summed E-state index contributed by atoms with van der Waals surface area (Å²) in [4.78, 5) is 18.7. The van der Waals surface area contributed by atoms with Crippen molar-refractivity contribution >= 4 is 17.3 Å². The number of nitrogens with one attached hydrogen (secondary N) is 1. The van der Waals surface area contributed by atoms with Gasteiger partial charge in [0, 0.05) is 19.3 Å². The number of hydrogen-bond donors (Lipinski definition) is 1. The Kier molecular flexibility index (Phi) is 4.34. The van der Waals surface area contributed by atoms with Gasteiger partial charge in [0.15, 0.2) is 0 Å². The van der Waals surface area contributed by atoms with Crippen LogP contribution in [0, 0.1) is 6.92 Å². The topological polar surface area (TPSA) is 54.5 Å². The number of carbonyl (C=O) groups is 1. The number of aryl methyl sites for hydroxylation is 1. The van der Waals surface area contributed by atoms with Crippen LogP contribution in [0.25, 0.3) is 0 Å². The van der Waals surface area contributed by atoms with E-state index in [1.807, 2.05) is 37.3 Å². The lowest BCUT2D eigenvalue weighted by Crippen LogP contribution is -2.36. The molecule has 1 fully saturated rings. The summed E-state index contributed by atoms with van der Waals surface area (Å²) in [5.74, 6) is -0.190. The van der Waals surface area contributed by atoms with Crippen LogP contribution in [0.5, 0.6) is 0 Å². The summed E-state index contributed by atoms with van der Waals surface area (Å²) in [6, 6.07) is 11.5. The van der Waals surface area contributed by atoms with Gasteiger partial charge in [0.25, 0.3) is 5.91 Å². The predicted molar refractivity (Wildman–Crippen MR) is 86.4 cm³/mol. The van der Waals surface area contributed by atoms with Crippen molar-refractivity contribution in [1.29, 1.82) is 0 Å². The third-order valence-electron chi connectivity index (χ3n) is 3.65. The van der Waals surface area contributed by atoms with Gasteiger partial charge in [-0.15, -0.1) is 0 Å². The second kappa shape index (κ2) is 6.58. The van der Waals surface area contributed by atoms with Gasteiger partial charge in [-0.2, -0.15) is 0 Å². The lowest BCUT2D eigenvalue weighted by Gasteiger charge is -2.30. The zero-order chi connectivity index (χ0) is 15.4. The van der Waals surface area contributed by atoms with Gasteiger partial charge in [0.05, 0.1) is 24.6 Å². The first-order chi connectivity index (χ1) is 10.7. The molecule has 0 saturated carbocycles. The van der Waals surface area contributed by atoms with Crippen LogP contribution >= 0.6 is 0 Å². The zero-order valence-corrected chi connectivity index (χ0v) is 12.6. The molecule has 0 unspecified atom stereocenters. The molecule has 2 heterocycles. The Balaban J connectivity index is 1.81. The fraction of sp³-hybridized carbons (Fsp3) is 0.294. The zero-order valence-electron chi connectivity index (χ0n) is 12.6. The highest BCUT2D eigenvalue weighted by atomic mass is 16.5. The average Bonchev–Trinajstić information content (AvgIpc) is 2.56. The lowest BCUT2D eigenvalue weighted by molar-refractivity contribution is 0.102. The number of pyridine rings is 1. The molecule has 1 aromatic carbocycles. The second-order valence-electron chi connectivity index (χ2n) is 5.29. The number of carbonyl (C=O) groups excluding carboxylic acids is 1. The summed E-state index contributed by atoms with van der Waals surface area (Å²) in [6.45, 7) is 5.02. The Morgan fingerprint density at radius 2 is 2.00 bits per heavy atom. The third-order valence-corrected chi connectivity index (χ3v) is 3.65. The Hall–Kier alpha value is -2.40. The van der Waals surface area contributed by atoms with Gasteiger partial charge in [-0.05, 0) is 36.8 Å². The summed E-state index contributed by atoms with van der Waals surface area (Å²) in [5.41, 5.74) is 3.27. The molecule has 0 atom stereocenters. The maximum absolute atomic E-state index is 12.4. The average molecular weight is 297 g/mol. The van der Waals surface area contributed by atoms with E-state index in [9.17, 15) is 4.79 Å². The summed E-state index contributed by atoms with van der Waals surface area (Å²) >= 11 is 0. The van der Waals surface area contributed by atoms with E-state index < -0.39 is 0 Å². The van der Waals surface area contributed by atoms with Crippen molar-refractivity contribution in [2.24, 2.45) is 0 Å². The Morgan fingerprint density at radius 1 is 1.23 bits per heavy atom. The molecule has 1 N–H and O–H groups in total. The Morgan fingerprint density at radius 3 is 2.77 bits per heavy atom. The maximum atomic E-state index is 12.4. The summed E-state index contributed by atoms with van der Waals surface area (Å²) in [6.07, 6.45) is 1.65. The molecule has 0 spiro atoms. The van der Waals surface area contributed by atoms with Gasteiger partial charge in [0.2, 0.25) is 0 Å². The lowest BCUT2D eigenvalue weighted by atomic mass is 10.2. The highest BCUT2D eigenvalue weighted by Crippen LogP contribution is 2.26. The molecule has 3 rings (SSSR count). The molecule has 1 amide bonds. The van der Waals surface area contributed by atoms with E-state index >= 15 is 0 Å². The van der Waals surface area contributed by atoms with Crippen LogP contribution in [0.15, 0.2) is 42.6 Å². The predicted octanol–water partition coefficient (Wildman–Crippen LogP) is 2.48. The van der Waals surface area contributed by atoms with Gasteiger partial charge < -0.3 is 15.0 Å². The molecule has 1 aliphatic heterocycles. The highest BCUT2D eigenvalue weighted by molar-refractivity contribution is 6.04. The monoisotopic (exact) mass is 297 g/mol. The van der Waals surface area contributed by atoms with E-state index in [1.165, 1.54) is 0 Å². The second-order valence-corrected chi connectivity index (χ2v) is 5.29. The number of para-hydroxylation sites is 2. The molecule has 0 bridgehead atoms. The molecule has 5 nitrogen and oxygen atoms in total. The molecular weight excluding hydrogens is 278 g/mol. The largest absolute Gasteiger partial charge is 0.378 e. The molecular formula is C17H19N3O2. The third kappa shape index (κ3) is 3.26. The minimum atomic E-state index is -0.190. The quantitative estimate of drug-likeness (QED) is 0.945. The van der Waals surface area contributed by atoms with Gasteiger partial charge in [-0.1, -0.05) is 12.1 Å². The van der Waals surface area contributed by atoms with Crippen molar-refractivity contribution < 1.29 is 9.53 Å². The smallest absolute Gasteiger partial charge is 0.274 e. The molecule has 0 radical (unpaired) electrons. The van der Waals surface area contributed by atoms with Crippen molar-refractivity contribution in [2.75, 3.05) is 36.5 Å². The number of rotatable bonds is 3. The van der Waals surface area contributed by atoms with E-state index in [-0.39, 0.29) is 5.91 Å². The van der Waals surface area contributed by atoms with Crippen molar-refractivity contribution in [3.05, 3.63) is 53.9 Å². The van der Waals surface area contributed by atoms with Crippen molar-refractivity contribution in [1.82, 2.24) is 4.98 Å². The molecule has 114 valence electrons. The van der Waals surface area contributed by atoms with Crippen molar-refractivity contribution in [2.45, 2.75) is 6.92 Å². The van der Waals surface area contributed by atoms with E-state index in [0.717, 1.165) is 30.0 Å². The number of ether oxygens (including phenoxy) is 1. The molecule has 1 saturated heterocycles. The molecule has 5 heteroatoms. The minimum Gasteiger partial charge on any atom is -0.378 e. The first-order valence-electron chi connectivity index (χ1n) is 7.40. The number of hydrogen-bond acceptors (Lipinski definition) is 4. The van der Waals surface area contributed by atoms with Crippen LogP contribution in [-0.4, -0.2) is 37.2 Å². The number of amides is 1. The van der Waals surface area contributed by atoms with E-state index in [4.69, 9.17) is 4.74 Å². The SMILES string of the molecule is Cc1ccnc(C(=O)Nc2ccccc2N2CCOCC2)c1. The van der Waals surface area contributed by atoms with E-state index in [1.54, 1.807) is 12.3 Å². The molecule has 1 aliphatic rings. The maximum Gasteiger partial charge on any atom is 0.274 e. The normalized spacial score (nSPS) is 14.7. The molecule has 2 aromatic rings. The van der Waals surface area contributed by atoms with E-state index in [2.05, 4.69) is 15.2 Å². The van der Waals surface area contributed by atoms with Crippen molar-refractivity contribution in [3.8, 4) is 0 Å². The Labute approximate surface area is 129 Å². The van der Waals surface area contributed by atoms with E-state index in [0.29, 0.717) is 18.9 Å². The Bertz CT molecular complexity index is 666. The number of aromatic nitrogens is 1. The van der Waals surface area contributed by atoms with Gasteiger partial charge >= 0.3 is 0 Å². The van der Waals surface area contributed by atoms with Gasteiger partial charge in [0.1, 0.15) is 5.69 Å². The molecule has 22 heavy (non-hydrogen) atoms. The van der Waals surface area contributed by atoms with Crippen molar-refractivity contribution in [3.63, 3.8) is 0 Å². The van der Waals surface area contributed by atoms with Crippen LogP contribution < -0.4 is 10.2 Å². The fourth-order valence-electron chi connectivity index (χ4n) is 2.51. The van der Waals surface area contributed by atoms with Gasteiger partial charge in [-0.25, -0.2) is 0 Å². The molecule has 0 aliphatic carbocycles. The first-order valence-corrected chi connectivity index (χ1v) is 7.40. The summed E-state index contributed by atoms with van der Waals surface area (Å²) in [5, 5.41) is 2.97. The summed E-state index contributed by atoms with van der Waals surface area (Å²) in [7, 11) is 0. The van der Waals surface area contributed by atoms with Gasteiger partial charge in [-0.3, -0.25) is 9.78 Å². The number of nitrogens with zero attached hydrogens (tertiary/aromatic N) is 2. The first kappa shape index (κ1) is 14.5. The fourth-order valence-corrected chi connectivity index (χ4v) is 2.51. The van der Waals surface area contributed by atoms with Crippen LogP contribution in [0.4, 0.5) is 11.4 Å². The summed E-state index contributed by atoms with van der Waals surface area (Å²) < 4.78 is 5.39. The molecule has 1 aromatic heterocycles. The van der Waals surface area contributed by atoms with Crippen LogP contribution in [0.2, 0.25) is 0 Å². The highest BCUT2D eigenvalue weighted by Gasteiger charge is 2.16. The van der Waals surface area contributed by atoms with Crippen LogP contribution in [-0.2, 0) is 4.74 Å².